The lowest BCUT2D eigenvalue weighted by molar-refractivity contribution is 0.104. The van der Waals surface area contributed by atoms with Crippen LogP contribution in [0.2, 0.25) is 0 Å². The molecule has 2 aromatic carbocycles. The maximum Gasteiger partial charge on any atom is 0.185 e. The van der Waals surface area contributed by atoms with E-state index < -0.39 is 0 Å². The van der Waals surface area contributed by atoms with Gasteiger partial charge >= 0.3 is 0 Å². The molecule has 2 aliphatic rings. The number of carbonyl (C=O) groups is 1. The fourth-order valence-corrected chi connectivity index (χ4v) is 3.86. The minimum atomic E-state index is 0.0653. The number of hydrogen-bond acceptors (Lipinski definition) is 2. The van der Waals surface area contributed by atoms with Gasteiger partial charge in [-0.1, -0.05) is 54.6 Å². The molecule has 126 valence electrons. The summed E-state index contributed by atoms with van der Waals surface area (Å²) in [6.07, 6.45) is 8.60. The van der Waals surface area contributed by atoms with Crippen LogP contribution in [-0.4, -0.2) is 23.8 Å². The molecule has 0 amide bonds. The molecule has 0 bridgehead atoms. The number of likely N-dealkylation sites (tertiary alicyclic amines) is 1. The second-order valence-electron chi connectivity index (χ2n) is 6.81. The molecule has 2 aromatic rings. The van der Waals surface area contributed by atoms with Crippen LogP contribution in [0.3, 0.4) is 0 Å². The van der Waals surface area contributed by atoms with Crippen molar-refractivity contribution in [3.63, 3.8) is 0 Å². The van der Waals surface area contributed by atoms with Crippen molar-refractivity contribution in [2.24, 2.45) is 0 Å². The quantitative estimate of drug-likeness (QED) is 0.588. The van der Waals surface area contributed by atoms with Crippen LogP contribution in [0.5, 0.6) is 0 Å². The van der Waals surface area contributed by atoms with Crippen molar-refractivity contribution >= 4 is 11.4 Å². The first-order valence-electron chi connectivity index (χ1n) is 9.17. The van der Waals surface area contributed by atoms with Gasteiger partial charge in [0.25, 0.3) is 0 Å². The summed E-state index contributed by atoms with van der Waals surface area (Å²) in [6.45, 7) is 2.26. The van der Waals surface area contributed by atoms with Gasteiger partial charge in [-0.3, -0.25) is 4.79 Å². The summed E-state index contributed by atoms with van der Waals surface area (Å²) in [5, 5.41) is 0. The number of ketones is 1. The number of benzene rings is 2. The molecule has 0 saturated carbocycles. The maximum atomic E-state index is 12.5. The van der Waals surface area contributed by atoms with Crippen molar-refractivity contribution in [2.75, 3.05) is 13.1 Å². The number of carbonyl (C=O) groups excluding carboxylic acids is 1. The van der Waals surface area contributed by atoms with Crippen LogP contribution < -0.4 is 0 Å². The smallest absolute Gasteiger partial charge is 0.185 e. The first kappa shape index (κ1) is 15.9. The van der Waals surface area contributed by atoms with Crippen molar-refractivity contribution in [2.45, 2.75) is 25.7 Å². The number of rotatable bonds is 4. The number of piperidine rings is 1. The lowest BCUT2D eigenvalue weighted by atomic mass is 10.0. The molecule has 0 spiro atoms. The average Bonchev–Trinajstić information content (AvgIpc) is 3.06. The summed E-state index contributed by atoms with van der Waals surface area (Å²) in [5.41, 5.74) is 6.00. The van der Waals surface area contributed by atoms with Crippen molar-refractivity contribution in [1.82, 2.24) is 4.90 Å². The van der Waals surface area contributed by atoms with E-state index in [1.165, 1.54) is 41.7 Å². The second-order valence-corrected chi connectivity index (χ2v) is 6.81. The van der Waals surface area contributed by atoms with Gasteiger partial charge < -0.3 is 4.90 Å². The highest BCUT2D eigenvalue weighted by Crippen LogP contribution is 2.36. The summed E-state index contributed by atoms with van der Waals surface area (Å²) < 4.78 is 0. The van der Waals surface area contributed by atoms with E-state index in [9.17, 15) is 4.79 Å². The van der Waals surface area contributed by atoms with Crippen LogP contribution in [0.25, 0.3) is 5.57 Å². The molecule has 25 heavy (non-hydrogen) atoms. The minimum Gasteiger partial charge on any atom is -0.374 e. The van der Waals surface area contributed by atoms with Gasteiger partial charge in [-0.05, 0) is 42.5 Å². The standard InChI is InChI=1S/C23H23NO/c25-23(18-9-3-1-4-10-18)14-13-21-20-12-6-5-11-19(20)17-22(21)24-15-7-2-8-16-24/h1,3-6,9-14H,2,7-8,15-17H2/b14-13-. The number of nitrogens with zero attached hydrogens (tertiary/aromatic N) is 1. The normalized spacial score (nSPS) is 17.2. The molecule has 0 atom stereocenters. The van der Waals surface area contributed by atoms with Crippen molar-refractivity contribution in [1.29, 1.82) is 0 Å². The Labute approximate surface area is 149 Å². The fourth-order valence-electron chi connectivity index (χ4n) is 3.86. The molecule has 2 heteroatoms. The van der Waals surface area contributed by atoms with Crippen LogP contribution in [0.4, 0.5) is 0 Å². The highest BCUT2D eigenvalue weighted by molar-refractivity contribution is 6.06. The van der Waals surface area contributed by atoms with Gasteiger partial charge in [0.2, 0.25) is 0 Å². The van der Waals surface area contributed by atoms with Gasteiger partial charge in [-0.25, -0.2) is 0 Å². The Morgan fingerprint density at radius 3 is 2.40 bits per heavy atom. The zero-order valence-electron chi connectivity index (χ0n) is 14.4. The van der Waals surface area contributed by atoms with Crippen molar-refractivity contribution in [3.8, 4) is 0 Å². The Balaban J connectivity index is 1.67. The highest BCUT2D eigenvalue weighted by Gasteiger charge is 2.24. The van der Waals surface area contributed by atoms with Crippen LogP contribution >= 0.6 is 0 Å². The third-order valence-corrected chi connectivity index (χ3v) is 5.17. The Hall–Kier alpha value is -2.61. The lowest BCUT2D eigenvalue weighted by Gasteiger charge is -2.30. The topological polar surface area (TPSA) is 20.3 Å². The molecule has 0 unspecified atom stereocenters. The van der Waals surface area contributed by atoms with Crippen molar-refractivity contribution < 1.29 is 4.79 Å². The Morgan fingerprint density at radius 2 is 1.60 bits per heavy atom. The molecule has 1 fully saturated rings. The summed E-state index contributed by atoms with van der Waals surface area (Å²) in [4.78, 5) is 15.0. The Kier molecular flexibility index (Phi) is 4.51. The van der Waals surface area contributed by atoms with Gasteiger partial charge in [0.1, 0.15) is 0 Å². The largest absolute Gasteiger partial charge is 0.374 e. The third kappa shape index (κ3) is 3.30. The third-order valence-electron chi connectivity index (χ3n) is 5.17. The molecule has 0 N–H and O–H groups in total. The van der Waals surface area contributed by atoms with E-state index in [4.69, 9.17) is 0 Å². The SMILES string of the molecule is O=C(/C=C\C1=C(N2CCCCC2)Cc2ccccc21)c1ccccc1. The first-order chi connectivity index (χ1) is 12.3. The first-order valence-corrected chi connectivity index (χ1v) is 9.17. The predicted octanol–water partition coefficient (Wildman–Crippen LogP) is 4.88. The van der Waals surface area contributed by atoms with E-state index in [1.807, 2.05) is 36.4 Å². The van der Waals surface area contributed by atoms with Gasteiger partial charge in [-0.15, -0.1) is 0 Å². The molecule has 0 aromatic heterocycles. The maximum absolute atomic E-state index is 12.5. The Bertz CT molecular complexity index is 826. The van der Waals surface area contributed by atoms with Crippen LogP contribution in [0.15, 0.2) is 72.4 Å². The van der Waals surface area contributed by atoms with Crippen LogP contribution in [0.1, 0.15) is 40.7 Å². The number of hydrogen-bond donors (Lipinski definition) is 0. The van der Waals surface area contributed by atoms with E-state index in [0.29, 0.717) is 0 Å². The van der Waals surface area contributed by atoms with E-state index >= 15 is 0 Å². The summed E-state index contributed by atoms with van der Waals surface area (Å²) in [5.74, 6) is 0.0653. The van der Waals surface area contributed by atoms with Crippen LogP contribution in [-0.2, 0) is 6.42 Å². The molecular weight excluding hydrogens is 306 g/mol. The minimum absolute atomic E-state index is 0.0653. The molecule has 2 nitrogen and oxygen atoms in total. The monoisotopic (exact) mass is 329 g/mol. The molecule has 1 aliphatic heterocycles. The summed E-state index contributed by atoms with van der Waals surface area (Å²) in [6, 6.07) is 18.1. The average molecular weight is 329 g/mol. The van der Waals surface area contributed by atoms with E-state index in [1.54, 1.807) is 6.08 Å². The fraction of sp³-hybridized carbons (Fsp3) is 0.261. The molecule has 0 radical (unpaired) electrons. The van der Waals surface area contributed by atoms with Gasteiger partial charge in [0.15, 0.2) is 5.78 Å². The second kappa shape index (κ2) is 7.10. The Morgan fingerprint density at radius 1 is 0.880 bits per heavy atom. The molecule has 1 aliphatic carbocycles. The number of allylic oxidation sites excluding steroid dienone is 4. The van der Waals surface area contributed by atoms with E-state index in [2.05, 4.69) is 29.2 Å². The predicted molar refractivity (Wildman–Crippen MR) is 102 cm³/mol. The number of fused-ring (bicyclic) bond motifs is 1. The van der Waals surface area contributed by atoms with E-state index in [-0.39, 0.29) is 5.78 Å². The lowest BCUT2D eigenvalue weighted by Crippen LogP contribution is -2.29. The summed E-state index contributed by atoms with van der Waals surface area (Å²) >= 11 is 0. The van der Waals surface area contributed by atoms with Gasteiger partial charge in [-0.2, -0.15) is 0 Å². The zero-order chi connectivity index (χ0) is 17.1. The summed E-state index contributed by atoms with van der Waals surface area (Å²) in [7, 11) is 0. The van der Waals surface area contributed by atoms with Crippen LogP contribution in [0, 0.1) is 0 Å². The van der Waals surface area contributed by atoms with Gasteiger partial charge in [0, 0.05) is 36.3 Å². The van der Waals surface area contributed by atoms with E-state index in [0.717, 1.165) is 25.1 Å². The molecule has 1 saturated heterocycles. The molecule has 4 rings (SSSR count). The van der Waals surface area contributed by atoms with Crippen molar-refractivity contribution in [3.05, 3.63) is 89.1 Å². The molecule has 1 heterocycles. The highest BCUT2D eigenvalue weighted by atomic mass is 16.1. The zero-order valence-corrected chi connectivity index (χ0v) is 14.4. The molecular formula is C23H23NO. The van der Waals surface area contributed by atoms with Gasteiger partial charge in [0.05, 0.1) is 0 Å².